The molecule has 0 spiro atoms. The maximum Gasteiger partial charge on any atom is 0.0535 e. The van der Waals surface area contributed by atoms with Crippen LogP contribution in [0.5, 0.6) is 0 Å². The second-order valence-electron chi connectivity index (χ2n) is 9.08. The van der Waals surface area contributed by atoms with Crippen molar-refractivity contribution >= 4 is 0 Å². The lowest BCUT2D eigenvalue weighted by molar-refractivity contribution is 0.717. The summed E-state index contributed by atoms with van der Waals surface area (Å²) in [7, 11) is 0. The van der Waals surface area contributed by atoms with E-state index in [4.69, 9.17) is 0 Å². The molecule has 0 fully saturated rings. The summed E-state index contributed by atoms with van der Waals surface area (Å²) < 4.78 is 2.40. The molecule has 0 aliphatic carbocycles. The number of hydrogen-bond donors (Lipinski definition) is 0. The number of para-hydroxylation sites is 1. The van der Waals surface area contributed by atoms with Crippen molar-refractivity contribution < 1.29 is 0 Å². The quantitative estimate of drug-likeness (QED) is 0.207. The van der Waals surface area contributed by atoms with E-state index in [2.05, 4.69) is 109 Å². The fourth-order valence-electron chi connectivity index (χ4n) is 4.59. The van der Waals surface area contributed by atoms with Crippen LogP contribution in [0.4, 0.5) is 0 Å². The number of rotatable bonds is 11. The topological polar surface area (TPSA) is 4.93 Å². The zero-order chi connectivity index (χ0) is 22.9. The monoisotopic (exact) mass is 435 g/mol. The lowest BCUT2D eigenvalue weighted by Gasteiger charge is -2.15. The third-order valence-electron chi connectivity index (χ3n) is 6.53. The minimum Gasteiger partial charge on any atom is -0.309 e. The van der Waals surface area contributed by atoms with E-state index in [0.29, 0.717) is 0 Å². The fraction of sp³-hybridized carbons (Fsp3) is 0.312. The van der Waals surface area contributed by atoms with Crippen LogP contribution >= 0.6 is 0 Å². The van der Waals surface area contributed by atoms with Gasteiger partial charge in [-0.25, -0.2) is 0 Å². The van der Waals surface area contributed by atoms with E-state index in [1.807, 2.05) is 0 Å². The molecule has 1 heterocycles. The predicted octanol–water partition coefficient (Wildman–Crippen LogP) is 9.28. The van der Waals surface area contributed by atoms with Crippen LogP contribution in [-0.2, 0) is 12.8 Å². The van der Waals surface area contributed by atoms with Crippen molar-refractivity contribution in [2.45, 2.75) is 65.2 Å². The SMILES string of the molecule is CCCCCc1ccc(-c2ccc(-c3ccc(CCCCC)cc3)n2-c2ccccc2)cc1. The van der Waals surface area contributed by atoms with Crippen LogP contribution in [0, 0.1) is 0 Å². The highest BCUT2D eigenvalue weighted by Gasteiger charge is 2.13. The Morgan fingerprint density at radius 3 is 1.36 bits per heavy atom. The van der Waals surface area contributed by atoms with Gasteiger partial charge >= 0.3 is 0 Å². The zero-order valence-electron chi connectivity index (χ0n) is 20.3. The summed E-state index contributed by atoms with van der Waals surface area (Å²) in [5.41, 5.74) is 9.08. The molecular weight excluding hydrogens is 398 g/mol. The van der Waals surface area contributed by atoms with E-state index in [0.717, 1.165) is 0 Å². The number of unbranched alkanes of at least 4 members (excludes halogenated alkanes) is 4. The van der Waals surface area contributed by atoms with Gasteiger partial charge < -0.3 is 4.57 Å². The van der Waals surface area contributed by atoms with Crippen molar-refractivity contribution in [3.8, 4) is 28.2 Å². The Balaban J connectivity index is 1.66. The summed E-state index contributed by atoms with van der Waals surface area (Å²) in [5.74, 6) is 0. The van der Waals surface area contributed by atoms with Crippen LogP contribution in [0.3, 0.4) is 0 Å². The Morgan fingerprint density at radius 2 is 0.939 bits per heavy atom. The number of hydrogen-bond acceptors (Lipinski definition) is 0. The van der Waals surface area contributed by atoms with Crippen molar-refractivity contribution in [2.24, 2.45) is 0 Å². The third kappa shape index (κ3) is 5.85. The lowest BCUT2D eigenvalue weighted by Crippen LogP contribution is -1.99. The van der Waals surface area contributed by atoms with Gasteiger partial charge in [0, 0.05) is 5.69 Å². The fourth-order valence-corrected chi connectivity index (χ4v) is 4.59. The average molecular weight is 436 g/mol. The van der Waals surface area contributed by atoms with Crippen molar-refractivity contribution in [3.63, 3.8) is 0 Å². The van der Waals surface area contributed by atoms with Crippen LogP contribution in [0.1, 0.15) is 63.5 Å². The molecule has 3 aromatic carbocycles. The summed E-state index contributed by atoms with van der Waals surface area (Å²) in [6, 6.07) is 33.6. The molecule has 0 bridgehead atoms. The van der Waals surface area contributed by atoms with E-state index in [-0.39, 0.29) is 0 Å². The molecule has 4 aromatic rings. The maximum atomic E-state index is 2.40. The Hall–Kier alpha value is -3.06. The first-order valence-electron chi connectivity index (χ1n) is 12.8. The van der Waals surface area contributed by atoms with Crippen LogP contribution in [0.15, 0.2) is 91.0 Å². The smallest absolute Gasteiger partial charge is 0.0535 e. The average Bonchev–Trinajstić information content (AvgIpc) is 3.31. The number of nitrogens with zero attached hydrogens (tertiary/aromatic N) is 1. The Kier molecular flexibility index (Phi) is 8.19. The van der Waals surface area contributed by atoms with Crippen LogP contribution < -0.4 is 0 Å². The molecule has 0 aliphatic rings. The summed E-state index contributed by atoms with van der Waals surface area (Å²) >= 11 is 0. The zero-order valence-corrected chi connectivity index (χ0v) is 20.3. The van der Waals surface area contributed by atoms with Gasteiger partial charge in [-0.05, 0) is 72.2 Å². The third-order valence-corrected chi connectivity index (χ3v) is 6.53. The van der Waals surface area contributed by atoms with Gasteiger partial charge in [-0.2, -0.15) is 0 Å². The largest absolute Gasteiger partial charge is 0.309 e. The second-order valence-corrected chi connectivity index (χ2v) is 9.08. The molecule has 4 rings (SSSR count). The summed E-state index contributed by atoms with van der Waals surface area (Å²) in [5, 5.41) is 0. The van der Waals surface area contributed by atoms with Crippen molar-refractivity contribution in [1.82, 2.24) is 4.57 Å². The number of benzene rings is 3. The van der Waals surface area contributed by atoms with E-state index < -0.39 is 0 Å². The van der Waals surface area contributed by atoms with Gasteiger partial charge in [0.15, 0.2) is 0 Å². The molecule has 1 heteroatoms. The summed E-state index contributed by atoms with van der Waals surface area (Å²) in [4.78, 5) is 0. The van der Waals surface area contributed by atoms with Crippen molar-refractivity contribution in [1.29, 1.82) is 0 Å². The summed E-state index contributed by atoms with van der Waals surface area (Å²) in [6.07, 6.45) is 10.0. The van der Waals surface area contributed by atoms with Gasteiger partial charge in [0.1, 0.15) is 0 Å². The molecule has 0 atom stereocenters. The van der Waals surface area contributed by atoms with Gasteiger partial charge in [-0.15, -0.1) is 0 Å². The van der Waals surface area contributed by atoms with Gasteiger partial charge in [-0.3, -0.25) is 0 Å². The van der Waals surface area contributed by atoms with E-state index in [9.17, 15) is 0 Å². The molecule has 0 N–H and O–H groups in total. The molecule has 0 unspecified atom stereocenters. The van der Waals surface area contributed by atoms with Gasteiger partial charge in [-0.1, -0.05) is 106 Å². The first-order chi connectivity index (χ1) is 16.3. The highest BCUT2D eigenvalue weighted by atomic mass is 15.0. The minimum absolute atomic E-state index is 1.17. The minimum atomic E-state index is 1.17. The Bertz CT molecular complexity index is 1030. The number of aryl methyl sites for hydroxylation is 2. The molecule has 0 amide bonds. The standard InChI is InChI=1S/C32H37N/c1-3-5-8-12-26-16-20-28(21-17-26)31-24-25-32(33(31)30-14-10-7-11-15-30)29-22-18-27(19-23-29)13-9-6-4-2/h7,10-11,14-25H,3-6,8-9,12-13H2,1-2H3. The molecule has 170 valence electrons. The molecule has 1 nitrogen and oxygen atoms in total. The first kappa shape index (κ1) is 23.1. The molecular formula is C32H37N. The van der Waals surface area contributed by atoms with Crippen LogP contribution in [0.2, 0.25) is 0 Å². The molecule has 1 aromatic heterocycles. The predicted molar refractivity (Wildman–Crippen MR) is 143 cm³/mol. The molecule has 0 aliphatic heterocycles. The first-order valence-corrected chi connectivity index (χ1v) is 12.8. The molecule has 0 saturated heterocycles. The van der Waals surface area contributed by atoms with E-state index in [1.54, 1.807) is 0 Å². The van der Waals surface area contributed by atoms with Gasteiger partial charge in [0.05, 0.1) is 11.4 Å². The highest BCUT2D eigenvalue weighted by Crippen LogP contribution is 2.33. The van der Waals surface area contributed by atoms with E-state index in [1.165, 1.54) is 90.7 Å². The summed E-state index contributed by atoms with van der Waals surface area (Å²) in [6.45, 7) is 4.52. The van der Waals surface area contributed by atoms with Crippen LogP contribution in [0.25, 0.3) is 28.2 Å². The van der Waals surface area contributed by atoms with Crippen molar-refractivity contribution in [2.75, 3.05) is 0 Å². The Morgan fingerprint density at radius 1 is 0.485 bits per heavy atom. The van der Waals surface area contributed by atoms with Crippen LogP contribution in [-0.4, -0.2) is 4.57 Å². The second kappa shape index (κ2) is 11.7. The lowest BCUT2D eigenvalue weighted by atomic mass is 10.0. The highest BCUT2D eigenvalue weighted by molar-refractivity contribution is 5.73. The molecule has 0 saturated carbocycles. The number of aromatic nitrogens is 1. The van der Waals surface area contributed by atoms with E-state index >= 15 is 0 Å². The van der Waals surface area contributed by atoms with Gasteiger partial charge in [0.25, 0.3) is 0 Å². The van der Waals surface area contributed by atoms with Crippen molar-refractivity contribution in [3.05, 3.63) is 102 Å². The maximum absolute atomic E-state index is 2.40. The molecule has 33 heavy (non-hydrogen) atoms. The Labute approximate surface area is 200 Å². The van der Waals surface area contributed by atoms with Gasteiger partial charge in [0.2, 0.25) is 0 Å². The normalized spacial score (nSPS) is 11.1. The molecule has 0 radical (unpaired) electrons.